The molecule has 2 aromatic heterocycles. The minimum atomic E-state index is -0.725. The van der Waals surface area contributed by atoms with Crippen molar-refractivity contribution in [2.24, 2.45) is 0 Å². The standard InChI is InChI=1S/C18H18FN3O3/c1-4-21-11(2)9-15(12(21)3)16(23)10-22-18(24)25-17(20-22)13-5-7-14(19)8-6-13/h5-9H,4,10H2,1-3H3. The fraction of sp³-hybridized carbons (Fsp3) is 0.278. The van der Waals surface area contributed by atoms with Gasteiger partial charge in [0, 0.05) is 29.1 Å². The minimum Gasteiger partial charge on any atom is -0.388 e. The van der Waals surface area contributed by atoms with E-state index >= 15 is 0 Å². The molecule has 0 saturated carbocycles. The predicted molar refractivity (Wildman–Crippen MR) is 90.1 cm³/mol. The van der Waals surface area contributed by atoms with Gasteiger partial charge in [0.15, 0.2) is 5.78 Å². The van der Waals surface area contributed by atoms with E-state index in [1.807, 2.05) is 31.4 Å². The van der Waals surface area contributed by atoms with Crippen molar-refractivity contribution in [2.45, 2.75) is 33.9 Å². The number of benzene rings is 1. The zero-order valence-corrected chi connectivity index (χ0v) is 14.2. The molecular formula is C18H18FN3O3. The van der Waals surface area contributed by atoms with Gasteiger partial charge in [0.05, 0.1) is 0 Å². The van der Waals surface area contributed by atoms with Gasteiger partial charge >= 0.3 is 5.76 Å². The molecule has 0 unspecified atom stereocenters. The van der Waals surface area contributed by atoms with Gasteiger partial charge in [-0.3, -0.25) is 4.79 Å². The summed E-state index contributed by atoms with van der Waals surface area (Å²) in [5.74, 6) is -1.28. The highest BCUT2D eigenvalue weighted by molar-refractivity contribution is 5.97. The lowest BCUT2D eigenvalue weighted by Crippen LogP contribution is -2.22. The first-order chi connectivity index (χ1) is 11.9. The molecule has 0 aliphatic heterocycles. The van der Waals surface area contributed by atoms with Crippen LogP contribution < -0.4 is 5.76 Å². The minimum absolute atomic E-state index is 0.0526. The topological polar surface area (TPSA) is 70.0 Å². The maximum Gasteiger partial charge on any atom is 0.437 e. The number of hydrogen-bond acceptors (Lipinski definition) is 4. The normalized spacial score (nSPS) is 11.0. The van der Waals surface area contributed by atoms with Gasteiger partial charge in [-0.25, -0.2) is 9.18 Å². The molecule has 0 radical (unpaired) electrons. The SMILES string of the molecule is CCn1c(C)cc(C(=O)Cn2nc(-c3ccc(F)cc3)oc2=O)c1C. The van der Waals surface area contributed by atoms with Gasteiger partial charge in [-0.1, -0.05) is 0 Å². The summed E-state index contributed by atoms with van der Waals surface area (Å²) >= 11 is 0. The largest absolute Gasteiger partial charge is 0.437 e. The zero-order chi connectivity index (χ0) is 18.1. The summed E-state index contributed by atoms with van der Waals surface area (Å²) in [5, 5.41) is 4.04. The first-order valence-corrected chi connectivity index (χ1v) is 7.94. The third-order valence-corrected chi connectivity index (χ3v) is 4.18. The highest BCUT2D eigenvalue weighted by atomic mass is 19.1. The summed E-state index contributed by atoms with van der Waals surface area (Å²) in [5.41, 5.74) is 2.88. The van der Waals surface area contributed by atoms with E-state index in [2.05, 4.69) is 5.10 Å². The Bertz CT molecular complexity index is 980. The number of rotatable bonds is 5. The van der Waals surface area contributed by atoms with E-state index < -0.39 is 11.6 Å². The molecule has 0 atom stereocenters. The second-order valence-electron chi connectivity index (χ2n) is 5.79. The molecule has 6 nitrogen and oxygen atoms in total. The number of aryl methyl sites for hydroxylation is 1. The molecule has 1 aromatic carbocycles. The van der Waals surface area contributed by atoms with Crippen LogP contribution >= 0.6 is 0 Å². The van der Waals surface area contributed by atoms with Crippen LogP contribution in [0, 0.1) is 19.7 Å². The maximum atomic E-state index is 13.0. The van der Waals surface area contributed by atoms with Crippen LogP contribution in [0.4, 0.5) is 4.39 Å². The Kier molecular flexibility index (Phi) is 4.39. The predicted octanol–water partition coefficient (Wildman–Crippen LogP) is 2.96. The number of Topliss-reactive ketones (excluding diaryl/α,β-unsaturated/α-hetero) is 1. The number of carbonyl (C=O) groups excluding carboxylic acids is 1. The number of nitrogens with zero attached hydrogens (tertiary/aromatic N) is 3. The Balaban J connectivity index is 1.87. The van der Waals surface area contributed by atoms with Crippen molar-refractivity contribution >= 4 is 5.78 Å². The van der Waals surface area contributed by atoms with Gasteiger partial charge < -0.3 is 8.98 Å². The van der Waals surface area contributed by atoms with Gasteiger partial charge in [0.1, 0.15) is 12.4 Å². The fourth-order valence-electron chi connectivity index (χ4n) is 2.91. The zero-order valence-electron chi connectivity index (χ0n) is 14.2. The molecule has 3 rings (SSSR count). The molecule has 0 fully saturated rings. The molecule has 0 bridgehead atoms. The van der Waals surface area contributed by atoms with Crippen molar-refractivity contribution in [3.05, 3.63) is 63.7 Å². The Morgan fingerprint density at radius 2 is 1.92 bits per heavy atom. The van der Waals surface area contributed by atoms with Crippen LogP contribution in [0.1, 0.15) is 28.7 Å². The Morgan fingerprint density at radius 3 is 2.52 bits per heavy atom. The van der Waals surface area contributed by atoms with E-state index in [1.54, 1.807) is 0 Å². The quantitative estimate of drug-likeness (QED) is 0.668. The lowest BCUT2D eigenvalue weighted by atomic mass is 10.1. The van der Waals surface area contributed by atoms with Crippen LogP contribution in [0.2, 0.25) is 0 Å². The smallest absolute Gasteiger partial charge is 0.388 e. The van der Waals surface area contributed by atoms with Crippen molar-refractivity contribution < 1.29 is 13.6 Å². The van der Waals surface area contributed by atoms with Crippen LogP contribution in [-0.2, 0) is 13.1 Å². The van der Waals surface area contributed by atoms with Crippen molar-refractivity contribution in [3.63, 3.8) is 0 Å². The van der Waals surface area contributed by atoms with E-state index in [9.17, 15) is 14.0 Å². The first kappa shape index (κ1) is 16.9. The third kappa shape index (κ3) is 3.17. The van der Waals surface area contributed by atoms with Crippen LogP contribution in [0.15, 0.2) is 39.5 Å². The number of ketones is 1. The third-order valence-electron chi connectivity index (χ3n) is 4.18. The van der Waals surface area contributed by atoms with Crippen molar-refractivity contribution in [3.8, 4) is 11.5 Å². The number of hydrogen-bond donors (Lipinski definition) is 0. The summed E-state index contributed by atoms with van der Waals surface area (Å²) in [6.07, 6.45) is 0. The van der Waals surface area contributed by atoms with Crippen molar-refractivity contribution in [1.29, 1.82) is 0 Å². The number of halogens is 1. The van der Waals surface area contributed by atoms with Gasteiger partial charge in [-0.05, 0) is 51.1 Å². The Morgan fingerprint density at radius 1 is 1.24 bits per heavy atom. The Labute approximate surface area is 143 Å². The second-order valence-corrected chi connectivity index (χ2v) is 5.79. The van der Waals surface area contributed by atoms with Gasteiger partial charge in [0.25, 0.3) is 0 Å². The average molecular weight is 343 g/mol. The molecule has 25 heavy (non-hydrogen) atoms. The van der Waals surface area contributed by atoms with Gasteiger partial charge in [-0.2, -0.15) is 4.68 Å². The van der Waals surface area contributed by atoms with Crippen molar-refractivity contribution in [1.82, 2.24) is 14.3 Å². The highest BCUT2D eigenvalue weighted by Gasteiger charge is 2.18. The van der Waals surface area contributed by atoms with E-state index in [1.165, 1.54) is 24.3 Å². The summed E-state index contributed by atoms with van der Waals surface area (Å²) in [6, 6.07) is 7.23. The first-order valence-electron chi connectivity index (χ1n) is 7.94. The number of carbonyl (C=O) groups is 1. The molecular weight excluding hydrogens is 325 g/mol. The number of aromatic nitrogens is 3. The monoisotopic (exact) mass is 343 g/mol. The molecule has 0 aliphatic carbocycles. The maximum absolute atomic E-state index is 13.0. The molecule has 0 aliphatic rings. The summed E-state index contributed by atoms with van der Waals surface area (Å²) in [7, 11) is 0. The molecule has 130 valence electrons. The molecule has 2 heterocycles. The van der Waals surface area contributed by atoms with Crippen LogP contribution in [0.5, 0.6) is 0 Å². The Hall–Kier alpha value is -2.96. The lowest BCUT2D eigenvalue weighted by molar-refractivity contribution is 0.0964. The van der Waals surface area contributed by atoms with E-state index in [0.29, 0.717) is 11.1 Å². The lowest BCUT2D eigenvalue weighted by Gasteiger charge is -2.05. The van der Waals surface area contributed by atoms with E-state index in [0.717, 1.165) is 22.6 Å². The summed E-state index contributed by atoms with van der Waals surface area (Å²) in [4.78, 5) is 24.5. The van der Waals surface area contributed by atoms with Crippen LogP contribution in [-0.4, -0.2) is 20.1 Å². The van der Waals surface area contributed by atoms with E-state index in [4.69, 9.17) is 4.42 Å². The second kappa shape index (κ2) is 6.51. The summed E-state index contributed by atoms with van der Waals surface area (Å²) < 4.78 is 21.1. The molecule has 0 amide bonds. The van der Waals surface area contributed by atoms with Gasteiger partial charge in [0.2, 0.25) is 5.89 Å². The van der Waals surface area contributed by atoms with Crippen molar-refractivity contribution in [2.75, 3.05) is 0 Å². The molecule has 0 saturated heterocycles. The van der Waals surface area contributed by atoms with Crippen LogP contribution in [0.3, 0.4) is 0 Å². The summed E-state index contributed by atoms with van der Waals surface area (Å²) in [6.45, 7) is 6.37. The van der Waals surface area contributed by atoms with Crippen LogP contribution in [0.25, 0.3) is 11.5 Å². The molecule has 7 heteroatoms. The van der Waals surface area contributed by atoms with E-state index in [-0.39, 0.29) is 18.2 Å². The molecule has 0 N–H and O–H groups in total. The molecule has 3 aromatic rings. The average Bonchev–Trinajstić information content (AvgIpc) is 3.08. The highest BCUT2D eigenvalue weighted by Crippen LogP contribution is 2.18. The molecule has 0 spiro atoms. The fourth-order valence-corrected chi connectivity index (χ4v) is 2.91. The van der Waals surface area contributed by atoms with Gasteiger partial charge in [-0.15, -0.1) is 5.10 Å².